The number of hydrogen-bond donors (Lipinski definition) is 1. The molecule has 126 valence electrons. The molecule has 0 atom stereocenters. The maximum Gasteiger partial charge on any atom is 0.293 e. The third kappa shape index (κ3) is 3.67. The van der Waals surface area contributed by atoms with E-state index in [4.69, 9.17) is 0 Å². The number of nitrogens with one attached hydrogen (secondary N) is 1. The Morgan fingerprint density at radius 2 is 1.83 bits per heavy atom. The van der Waals surface area contributed by atoms with Crippen LogP contribution in [0.3, 0.4) is 0 Å². The molecule has 0 spiro atoms. The van der Waals surface area contributed by atoms with Crippen LogP contribution in [0.15, 0.2) is 39.9 Å². The lowest BCUT2D eigenvalue weighted by atomic mass is 10.1. The van der Waals surface area contributed by atoms with Gasteiger partial charge in [-0.15, -0.1) is 0 Å². The molecule has 3 rings (SSSR count). The Labute approximate surface area is 148 Å². The number of halogens is 1. The summed E-state index contributed by atoms with van der Waals surface area (Å²) in [5.41, 5.74) is 1.16. The van der Waals surface area contributed by atoms with Crippen molar-refractivity contribution in [2.75, 3.05) is 18.4 Å². The smallest absolute Gasteiger partial charge is 0.293 e. The summed E-state index contributed by atoms with van der Waals surface area (Å²) in [5, 5.41) is 3.00. The molecule has 1 aromatic heterocycles. The summed E-state index contributed by atoms with van der Waals surface area (Å²) < 4.78 is 2.03. The zero-order valence-electron chi connectivity index (χ0n) is 13.5. The average Bonchev–Trinajstić information content (AvgIpc) is 2.60. The van der Waals surface area contributed by atoms with Crippen molar-refractivity contribution in [2.24, 2.45) is 7.05 Å². The van der Waals surface area contributed by atoms with E-state index < -0.39 is 0 Å². The number of nitrogens with zero attached hydrogens (tertiary/aromatic N) is 3. The van der Waals surface area contributed by atoms with Gasteiger partial charge in [-0.25, -0.2) is 4.98 Å². The molecular weight excluding hydrogens is 372 g/mol. The molecule has 6 nitrogen and oxygen atoms in total. The first-order chi connectivity index (χ1) is 11.5. The summed E-state index contributed by atoms with van der Waals surface area (Å²) in [6, 6.07) is 7.14. The third-order valence-corrected chi connectivity index (χ3v) is 4.46. The van der Waals surface area contributed by atoms with Crippen LogP contribution < -0.4 is 10.9 Å². The molecule has 7 heteroatoms. The van der Waals surface area contributed by atoms with Crippen LogP contribution in [0.2, 0.25) is 0 Å². The number of carbonyl (C=O) groups is 1. The van der Waals surface area contributed by atoms with Crippen LogP contribution in [0.4, 0.5) is 11.5 Å². The number of aryl methyl sites for hydroxylation is 1. The summed E-state index contributed by atoms with van der Waals surface area (Å²) in [6.45, 7) is 1.66. The molecule has 2 aromatic rings. The van der Waals surface area contributed by atoms with Crippen molar-refractivity contribution in [2.45, 2.75) is 19.3 Å². The summed E-state index contributed by atoms with van der Waals surface area (Å²) in [7, 11) is 1.67. The number of rotatable bonds is 3. The number of carbonyl (C=O) groups excluding carboxylic acids is 1. The van der Waals surface area contributed by atoms with Gasteiger partial charge in [-0.1, -0.05) is 0 Å². The number of benzene rings is 1. The van der Waals surface area contributed by atoms with Gasteiger partial charge in [0, 0.05) is 37.6 Å². The first-order valence-electron chi connectivity index (χ1n) is 7.94. The van der Waals surface area contributed by atoms with Crippen LogP contribution in [0.5, 0.6) is 0 Å². The molecule has 1 aliphatic heterocycles. The van der Waals surface area contributed by atoms with Gasteiger partial charge in [0.1, 0.15) is 4.60 Å². The minimum absolute atomic E-state index is 0.0674. The van der Waals surface area contributed by atoms with E-state index in [-0.39, 0.29) is 17.3 Å². The van der Waals surface area contributed by atoms with Crippen molar-refractivity contribution in [1.29, 1.82) is 0 Å². The highest BCUT2D eigenvalue weighted by Gasteiger charge is 2.18. The maximum atomic E-state index is 12.4. The van der Waals surface area contributed by atoms with Crippen LogP contribution in [-0.4, -0.2) is 33.4 Å². The third-order valence-electron chi connectivity index (χ3n) is 4.08. The average molecular weight is 391 g/mol. The number of likely N-dealkylation sites (tertiary alicyclic amines) is 1. The van der Waals surface area contributed by atoms with Crippen molar-refractivity contribution in [3.63, 3.8) is 0 Å². The molecular formula is C17H19BrN4O2. The van der Waals surface area contributed by atoms with Gasteiger partial charge in [0.15, 0.2) is 5.82 Å². The van der Waals surface area contributed by atoms with Crippen LogP contribution in [0.1, 0.15) is 29.6 Å². The Kier molecular flexibility index (Phi) is 4.99. The first kappa shape index (κ1) is 16.7. The molecule has 1 fully saturated rings. The van der Waals surface area contributed by atoms with E-state index in [0.717, 1.165) is 25.9 Å². The van der Waals surface area contributed by atoms with Crippen molar-refractivity contribution in [1.82, 2.24) is 14.5 Å². The molecule has 0 unspecified atom stereocenters. The second kappa shape index (κ2) is 7.17. The van der Waals surface area contributed by atoms with Gasteiger partial charge in [0.25, 0.3) is 11.5 Å². The Bertz CT molecular complexity index is 795. The second-order valence-corrected chi connectivity index (χ2v) is 6.70. The van der Waals surface area contributed by atoms with E-state index >= 15 is 0 Å². The van der Waals surface area contributed by atoms with Crippen LogP contribution in [0.25, 0.3) is 0 Å². The lowest BCUT2D eigenvalue weighted by Gasteiger charge is -2.26. The fourth-order valence-corrected chi connectivity index (χ4v) is 3.25. The van der Waals surface area contributed by atoms with Gasteiger partial charge in [0.05, 0.1) is 0 Å². The second-order valence-electron chi connectivity index (χ2n) is 5.88. The van der Waals surface area contributed by atoms with Crippen molar-refractivity contribution < 1.29 is 4.79 Å². The molecule has 0 bridgehead atoms. The molecule has 1 aromatic carbocycles. The highest BCUT2D eigenvalue weighted by molar-refractivity contribution is 9.10. The zero-order valence-corrected chi connectivity index (χ0v) is 15.0. The van der Waals surface area contributed by atoms with Gasteiger partial charge in [0.2, 0.25) is 0 Å². The lowest BCUT2D eigenvalue weighted by molar-refractivity contribution is 0.0724. The lowest BCUT2D eigenvalue weighted by Crippen LogP contribution is -2.35. The number of amides is 1. The van der Waals surface area contributed by atoms with Gasteiger partial charge < -0.3 is 14.8 Å². The van der Waals surface area contributed by atoms with Crippen molar-refractivity contribution in [3.8, 4) is 0 Å². The quantitative estimate of drug-likeness (QED) is 0.874. The zero-order chi connectivity index (χ0) is 17.1. The predicted octanol–water partition coefficient (Wildman–Crippen LogP) is 2.91. The number of hydrogen-bond acceptors (Lipinski definition) is 4. The van der Waals surface area contributed by atoms with Crippen molar-refractivity contribution in [3.05, 3.63) is 51.0 Å². The highest BCUT2D eigenvalue weighted by Crippen LogP contribution is 2.17. The van der Waals surface area contributed by atoms with Gasteiger partial charge >= 0.3 is 0 Å². The largest absolute Gasteiger partial charge is 0.339 e. The molecule has 1 saturated heterocycles. The Morgan fingerprint density at radius 1 is 1.17 bits per heavy atom. The number of anilines is 2. The molecule has 1 N–H and O–H groups in total. The van der Waals surface area contributed by atoms with Gasteiger partial charge in [-0.05, 0) is 59.5 Å². The molecule has 1 amide bonds. The standard InChI is InChI=1S/C17H19BrN4O2/c1-21-11-14(18)20-15(17(21)24)19-13-7-5-12(6-8-13)16(23)22-9-3-2-4-10-22/h5-8,11H,2-4,9-10H2,1H3,(H,19,20). The molecule has 0 saturated carbocycles. The van der Waals surface area contributed by atoms with Gasteiger partial charge in [-0.3, -0.25) is 9.59 Å². The van der Waals surface area contributed by atoms with Crippen LogP contribution in [-0.2, 0) is 7.05 Å². The van der Waals surface area contributed by atoms with E-state index in [0.29, 0.717) is 15.9 Å². The minimum atomic E-state index is -0.216. The summed E-state index contributed by atoms with van der Waals surface area (Å²) in [4.78, 5) is 30.6. The van der Waals surface area contributed by atoms with Gasteiger partial charge in [-0.2, -0.15) is 0 Å². The molecule has 0 aliphatic carbocycles. The predicted molar refractivity (Wildman–Crippen MR) is 96.7 cm³/mol. The highest BCUT2D eigenvalue weighted by atomic mass is 79.9. The van der Waals surface area contributed by atoms with Crippen molar-refractivity contribution >= 4 is 33.3 Å². The monoisotopic (exact) mass is 390 g/mol. The molecule has 0 radical (unpaired) electrons. The summed E-state index contributed by atoms with van der Waals surface area (Å²) in [5.74, 6) is 0.305. The molecule has 1 aliphatic rings. The van der Waals surface area contributed by atoms with E-state index in [1.54, 1.807) is 37.5 Å². The van der Waals surface area contributed by atoms with E-state index in [1.165, 1.54) is 11.0 Å². The van der Waals surface area contributed by atoms with Crippen LogP contribution >= 0.6 is 15.9 Å². The van der Waals surface area contributed by atoms with E-state index in [9.17, 15) is 9.59 Å². The molecule has 2 heterocycles. The normalized spacial score (nSPS) is 14.5. The number of piperidine rings is 1. The summed E-state index contributed by atoms with van der Waals surface area (Å²) in [6.07, 6.45) is 4.95. The summed E-state index contributed by atoms with van der Waals surface area (Å²) >= 11 is 3.27. The topological polar surface area (TPSA) is 67.2 Å². The molecule has 24 heavy (non-hydrogen) atoms. The number of aromatic nitrogens is 2. The fourth-order valence-electron chi connectivity index (χ4n) is 2.76. The Hall–Kier alpha value is -2.15. The van der Waals surface area contributed by atoms with Crippen LogP contribution in [0, 0.1) is 0 Å². The SMILES string of the molecule is Cn1cc(Br)nc(Nc2ccc(C(=O)N3CCCCC3)cc2)c1=O. The van der Waals surface area contributed by atoms with E-state index in [2.05, 4.69) is 26.2 Å². The first-order valence-corrected chi connectivity index (χ1v) is 8.73. The van der Waals surface area contributed by atoms with E-state index in [1.807, 2.05) is 4.90 Å². The Morgan fingerprint density at radius 3 is 2.50 bits per heavy atom. The fraction of sp³-hybridized carbons (Fsp3) is 0.353. The Balaban J connectivity index is 1.75. The maximum absolute atomic E-state index is 12.4. The minimum Gasteiger partial charge on any atom is -0.339 e.